The van der Waals surface area contributed by atoms with E-state index in [0.29, 0.717) is 0 Å². The SMILES string of the molecule is CC1CCc2[nH]c(=O)[nH]c(=O)c21. The second-order valence-corrected chi connectivity index (χ2v) is 3.24. The van der Waals surface area contributed by atoms with Crippen LogP contribution in [0, 0.1) is 0 Å². The van der Waals surface area contributed by atoms with Crippen molar-refractivity contribution < 1.29 is 0 Å². The minimum atomic E-state index is -0.396. The maximum absolute atomic E-state index is 11.3. The predicted molar refractivity (Wildman–Crippen MR) is 44.4 cm³/mol. The van der Waals surface area contributed by atoms with Gasteiger partial charge in [0.05, 0.1) is 0 Å². The maximum Gasteiger partial charge on any atom is 0.325 e. The Labute approximate surface area is 68.6 Å². The summed E-state index contributed by atoms with van der Waals surface area (Å²) in [5.74, 6) is 0.278. The molecule has 1 atom stereocenters. The third-order valence-corrected chi connectivity index (χ3v) is 2.38. The van der Waals surface area contributed by atoms with Crippen LogP contribution >= 0.6 is 0 Å². The van der Waals surface area contributed by atoms with E-state index in [9.17, 15) is 9.59 Å². The first-order valence-electron chi connectivity index (χ1n) is 4.04. The molecule has 0 bridgehead atoms. The van der Waals surface area contributed by atoms with E-state index in [2.05, 4.69) is 9.97 Å². The first-order chi connectivity index (χ1) is 5.68. The van der Waals surface area contributed by atoms with E-state index in [0.717, 1.165) is 24.1 Å². The molecule has 0 saturated carbocycles. The van der Waals surface area contributed by atoms with Crippen LogP contribution in [-0.2, 0) is 6.42 Å². The van der Waals surface area contributed by atoms with Gasteiger partial charge in [0.25, 0.3) is 5.56 Å². The van der Waals surface area contributed by atoms with Crippen LogP contribution < -0.4 is 11.2 Å². The molecule has 1 aromatic heterocycles. The maximum atomic E-state index is 11.3. The van der Waals surface area contributed by atoms with Gasteiger partial charge in [-0.1, -0.05) is 6.92 Å². The lowest BCUT2D eigenvalue weighted by atomic mass is 10.1. The van der Waals surface area contributed by atoms with Crippen molar-refractivity contribution in [1.82, 2.24) is 9.97 Å². The Morgan fingerprint density at radius 1 is 1.33 bits per heavy atom. The molecular formula is C8H10N2O2. The molecule has 64 valence electrons. The highest BCUT2D eigenvalue weighted by atomic mass is 16.2. The molecule has 4 nitrogen and oxygen atoms in total. The van der Waals surface area contributed by atoms with Crippen LogP contribution in [0.2, 0.25) is 0 Å². The lowest BCUT2D eigenvalue weighted by Gasteiger charge is -1.99. The van der Waals surface area contributed by atoms with Crippen molar-refractivity contribution in [2.75, 3.05) is 0 Å². The summed E-state index contributed by atoms with van der Waals surface area (Å²) in [5.41, 5.74) is 0.956. The molecule has 12 heavy (non-hydrogen) atoms. The third kappa shape index (κ3) is 0.913. The number of hydrogen-bond donors (Lipinski definition) is 2. The number of rotatable bonds is 0. The van der Waals surface area contributed by atoms with Crippen molar-refractivity contribution >= 4 is 0 Å². The van der Waals surface area contributed by atoms with E-state index in [4.69, 9.17) is 0 Å². The highest BCUT2D eigenvalue weighted by molar-refractivity contribution is 5.25. The summed E-state index contributed by atoms with van der Waals surface area (Å²) in [4.78, 5) is 27.0. The van der Waals surface area contributed by atoms with Crippen LogP contribution in [0.4, 0.5) is 0 Å². The topological polar surface area (TPSA) is 65.7 Å². The molecule has 4 heteroatoms. The summed E-state index contributed by atoms with van der Waals surface area (Å²) >= 11 is 0. The monoisotopic (exact) mass is 166 g/mol. The Hall–Kier alpha value is -1.32. The summed E-state index contributed by atoms with van der Waals surface area (Å²) in [5, 5.41) is 0. The molecule has 0 radical (unpaired) electrons. The summed E-state index contributed by atoms with van der Waals surface area (Å²) in [6.45, 7) is 2.00. The van der Waals surface area contributed by atoms with Crippen LogP contribution in [0.25, 0.3) is 0 Å². The molecule has 0 amide bonds. The number of H-pyrrole nitrogens is 2. The van der Waals surface area contributed by atoms with E-state index in [1.54, 1.807) is 0 Å². The fourth-order valence-corrected chi connectivity index (χ4v) is 1.77. The molecule has 2 rings (SSSR count). The third-order valence-electron chi connectivity index (χ3n) is 2.38. The average molecular weight is 166 g/mol. The van der Waals surface area contributed by atoms with Gasteiger partial charge in [0.2, 0.25) is 0 Å². The second kappa shape index (κ2) is 2.33. The second-order valence-electron chi connectivity index (χ2n) is 3.24. The summed E-state index contributed by atoms with van der Waals surface area (Å²) in [6, 6.07) is 0. The van der Waals surface area contributed by atoms with Gasteiger partial charge in [-0.3, -0.25) is 9.78 Å². The quantitative estimate of drug-likeness (QED) is 0.574. The minimum Gasteiger partial charge on any atom is -0.311 e. The molecule has 1 aromatic rings. The Bertz CT molecular complexity index is 416. The molecule has 0 spiro atoms. The number of fused-ring (bicyclic) bond motifs is 1. The van der Waals surface area contributed by atoms with Crippen molar-refractivity contribution in [1.29, 1.82) is 0 Å². The van der Waals surface area contributed by atoms with Crippen LogP contribution in [-0.4, -0.2) is 9.97 Å². The molecule has 0 aromatic carbocycles. The summed E-state index contributed by atoms with van der Waals surface area (Å²) in [7, 11) is 0. The fourth-order valence-electron chi connectivity index (χ4n) is 1.77. The van der Waals surface area contributed by atoms with Crippen molar-refractivity contribution in [3.05, 3.63) is 32.1 Å². The standard InChI is InChI=1S/C8H10N2O2/c1-4-2-3-5-6(4)7(11)10-8(12)9-5/h4H,2-3H2,1H3,(H2,9,10,11,12). The zero-order valence-corrected chi connectivity index (χ0v) is 6.81. The fraction of sp³-hybridized carbons (Fsp3) is 0.500. The zero-order valence-electron chi connectivity index (χ0n) is 6.81. The molecule has 1 aliphatic rings. The molecule has 0 fully saturated rings. The van der Waals surface area contributed by atoms with E-state index in [1.165, 1.54) is 0 Å². The van der Waals surface area contributed by atoms with Gasteiger partial charge in [0.1, 0.15) is 0 Å². The van der Waals surface area contributed by atoms with Crippen molar-refractivity contribution in [2.24, 2.45) is 0 Å². The molecule has 0 saturated heterocycles. The average Bonchev–Trinajstić information content (AvgIpc) is 2.31. The number of aryl methyl sites for hydroxylation is 1. The summed E-state index contributed by atoms with van der Waals surface area (Å²) in [6.07, 6.45) is 1.77. The molecule has 1 unspecified atom stereocenters. The van der Waals surface area contributed by atoms with Gasteiger partial charge < -0.3 is 4.98 Å². The summed E-state index contributed by atoms with van der Waals surface area (Å²) < 4.78 is 0. The van der Waals surface area contributed by atoms with E-state index in [1.807, 2.05) is 6.92 Å². The zero-order chi connectivity index (χ0) is 8.72. The Kier molecular flexibility index (Phi) is 1.43. The van der Waals surface area contributed by atoms with Gasteiger partial charge in [-0.25, -0.2) is 4.79 Å². The Morgan fingerprint density at radius 2 is 2.08 bits per heavy atom. The van der Waals surface area contributed by atoms with Crippen LogP contribution in [0.1, 0.15) is 30.5 Å². The molecule has 0 aliphatic heterocycles. The first-order valence-corrected chi connectivity index (χ1v) is 4.04. The van der Waals surface area contributed by atoms with E-state index >= 15 is 0 Å². The number of aromatic amines is 2. The normalized spacial score (nSPS) is 20.9. The van der Waals surface area contributed by atoms with Crippen LogP contribution in [0.15, 0.2) is 9.59 Å². The van der Waals surface area contributed by atoms with E-state index < -0.39 is 5.69 Å². The number of hydrogen-bond acceptors (Lipinski definition) is 2. The van der Waals surface area contributed by atoms with Gasteiger partial charge in [0.15, 0.2) is 0 Å². The van der Waals surface area contributed by atoms with Gasteiger partial charge in [0, 0.05) is 11.3 Å². The largest absolute Gasteiger partial charge is 0.325 e. The van der Waals surface area contributed by atoms with Gasteiger partial charge in [-0.15, -0.1) is 0 Å². The lowest BCUT2D eigenvalue weighted by molar-refractivity contribution is 0.740. The van der Waals surface area contributed by atoms with Crippen LogP contribution in [0.3, 0.4) is 0 Å². The lowest BCUT2D eigenvalue weighted by Crippen LogP contribution is -2.26. The predicted octanol–water partition coefficient (Wildman–Crippen LogP) is 0.113. The minimum absolute atomic E-state index is 0.223. The molecule has 1 aliphatic carbocycles. The smallest absolute Gasteiger partial charge is 0.311 e. The highest BCUT2D eigenvalue weighted by Crippen LogP contribution is 2.26. The van der Waals surface area contributed by atoms with Crippen molar-refractivity contribution in [2.45, 2.75) is 25.7 Å². The number of nitrogens with one attached hydrogen (secondary N) is 2. The van der Waals surface area contributed by atoms with E-state index in [-0.39, 0.29) is 11.5 Å². The van der Waals surface area contributed by atoms with Gasteiger partial charge in [-0.05, 0) is 18.8 Å². The number of aromatic nitrogens is 2. The van der Waals surface area contributed by atoms with Gasteiger partial charge in [-0.2, -0.15) is 0 Å². The van der Waals surface area contributed by atoms with Gasteiger partial charge >= 0.3 is 5.69 Å². The Balaban J connectivity index is 2.77. The highest BCUT2D eigenvalue weighted by Gasteiger charge is 2.22. The Morgan fingerprint density at radius 3 is 2.83 bits per heavy atom. The molecule has 2 N–H and O–H groups in total. The van der Waals surface area contributed by atoms with Crippen LogP contribution in [0.5, 0.6) is 0 Å². The molecular weight excluding hydrogens is 156 g/mol. The molecule has 1 heterocycles. The van der Waals surface area contributed by atoms with Crippen molar-refractivity contribution in [3.8, 4) is 0 Å². The first kappa shape index (κ1) is 7.34. The van der Waals surface area contributed by atoms with Crippen molar-refractivity contribution in [3.63, 3.8) is 0 Å².